The second kappa shape index (κ2) is 7.52. The molecule has 0 aliphatic carbocycles. The highest BCUT2D eigenvalue weighted by Gasteiger charge is 2.14. The maximum atomic E-state index is 7.90. The van der Waals surface area contributed by atoms with E-state index in [1.54, 1.807) is 23.1 Å². The molecular weight excluding hydrogens is 298 g/mol. The van der Waals surface area contributed by atoms with E-state index in [0.29, 0.717) is 0 Å². The number of thiophene rings is 1. The number of nitrogens with one attached hydrogen (secondary N) is 1. The first-order chi connectivity index (χ1) is 10.1. The van der Waals surface area contributed by atoms with Crippen LogP contribution in [0.2, 0.25) is 0 Å². The number of likely N-dealkylation sites (N-methyl/N-ethyl adjacent to an activating group) is 1. The van der Waals surface area contributed by atoms with E-state index in [2.05, 4.69) is 36.4 Å². The normalized spacial score (nSPS) is 10.6. The first kappa shape index (κ1) is 15.9. The molecule has 21 heavy (non-hydrogen) atoms. The third-order valence-electron chi connectivity index (χ3n) is 3.26. The number of hydrogen-bond donors (Lipinski definition) is 2. The maximum Gasteiger partial charge on any atom is 0.126 e. The summed E-state index contributed by atoms with van der Waals surface area (Å²) < 4.78 is 0. The Hall–Kier alpha value is -1.46. The Kier molecular flexibility index (Phi) is 5.70. The lowest BCUT2D eigenvalue weighted by molar-refractivity contribution is 0.884. The molecule has 0 atom stereocenters. The minimum absolute atomic E-state index is 0.143. The molecule has 0 amide bonds. The van der Waals surface area contributed by atoms with Crippen molar-refractivity contribution in [2.75, 3.05) is 24.2 Å². The van der Waals surface area contributed by atoms with Crippen LogP contribution in [0, 0.1) is 5.41 Å². The molecule has 112 valence electrons. The minimum Gasteiger partial charge on any atom is -0.384 e. The smallest absolute Gasteiger partial charge is 0.126 e. The summed E-state index contributed by atoms with van der Waals surface area (Å²) in [7, 11) is 2.07. The summed E-state index contributed by atoms with van der Waals surface area (Å²) in [5, 5.41) is 10.0. The van der Waals surface area contributed by atoms with Gasteiger partial charge in [0.1, 0.15) is 5.84 Å². The van der Waals surface area contributed by atoms with Crippen molar-refractivity contribution in [3.8, 4) is 0 Å². The summed E-state index contributed by atoms with van der Waals surface area (Å²) in [4.78, 5) is 4.66. The molecule has 0 bridgehead atoms. The molecule has 0 aliphatic heterocycles. The van der Waals surface area contributed by atoms with Crippen LogP contribution >= 0.6 is 23.1 Å². The Morgan fingerprint density at radius 2 is 2.14 bits per heavy atom. The number of hydrogen-bond acceptors (Lipinski definition) is 4. The summed E-state index contributed by atoms with van der Waals surface area (Å²) in [5.41, 5.74) is 7.72. The Morgan fingerprint density at radius 3 is 2.76 bits per heavy atom. The zero-order valence-electron chi connectivity index (χ0n) is 12.4. The highest BCUT2D eigenvalue weighted by molar-refractivity contribution is 7.99. The van der Waals surface area contributed by atoms with Crippen LogP contribution in [-0.4, -0.2) is 25.2 Å². The van der Waals surface area contributed by atoms with Gasteiger partial charge in [-0.2, -0.15) is 0 Å². The van der Waals surface area contributed by atoms with E-state index in [-0.39, 0.29) is 5.84 Å². The third-order valence-corrected chi connectivity index (χ3v) is 5.13. The largest absolute Gasteiger partial charge is 0.384 e. The fourth-order valence-corrected chi connectivity index (χ4v) is 3.78. The molecule has 2 rings (SSSR count). The van der Waals surface area contributed by atoms with Gasteiger partial charge in [-0.05, 0) is 35.8 Å². The molecule has 0 spiro atoms. The van der Waals surface area contributed by atoms with E-state index < -0.39 is 0 Å². The van der Waals surface area contributed by atoms with Crippen LogP contribution < -0.4 is 10.6 Å². The molecule has 5 heteroatoms. The van der Waals surface area contributed by atoms with Gasteiger partial charge in [0.2, 0.25) is 0 Å². The van der Waals surface area contributed by atoms with E-state index in [4.69, 9.17) is 11.1 Å². The van der Waals surface area contributed by atoms with E-state index in [9.17, 15) is 0 Å². The Labute approximate surface area is 134 Å². The predicted octanol–water partition coefficient (Wildman–Crippen LogP) is 3.82. The van der Waals surface area contributed by atoms with Gasteiger partial charge in [-0.15, -0.1) is 23.1 Å². The number of nitrogen functional groups attached to an aromatic ring is 1. The summed E-state index contributed by atoms with van der Waals surface area (Å²) in [6.45, 7) is 3.03. The van der Waals surface area contributed by atoms with Gasteiger partial charge in [-0.1, -0.05) is 19.1 Å². The van der Waals surface area contributed by atoms with Crippen molar-refractivity contribution >= 4 is 34.6 Å². The van der Waals surface area contributed by atoms with Gasteiger partial charge >= 0.3 is 0 Å². The second-order valence-corrected chi connectivity index (χ2v) is 7.09. The number of thioether (sulfide) groups is 1. The van der Waals surface area contributed by atoms with Gasteiger partial charge in [0.05, 0.1) is 5.56 Å². The first-order valence-electron chi connectivity index (χ1n) is 6.97. The number of anilines is 1. The van der Waals surface area contributed by atoms with Crippen LogP contribution in [-0.2, 0) is 6.42 Å². The van der Waals surface area contributed by atoms with Gasteiger partial charge in [-0.25, -0.2) is 0 Å². The molecule has 1 aromatic carbocycles. The van der Waals surface area contributed by atoms with Gasteiger partial charge in [0.25, 0.3) is 0 Å². The molecule has 0 fully saturated rings. The van der Waals surface area contributed by atoms with Gasteiger partial charge in [0, 0.05) is 29.1 Å². The predicted molar refractivity (Wildman–Crippen MR) is 95.1 cm³/mol. The first-order valence-corrected chi connectivity index (χ1v) is 8.83. The lowest BCUT2D eigenvalue weighted by Crippen LogP contribution is -2.25. The van der Waals surface area contributed by atoms with Crippen molar-refractivity contribution in [1.29, 1.82) is 5.41 Å². The van der Waals surface area contributed by atoms with E-state index in [0.717, 1.165) is 34.9 Å². The molecule has 1 heterocycles. The van der Waals surface area contributed by atoms with Crippen molar-refractivity contribution in [3.63, 3.8) is 0 Å². The summed E-state index contributed by atoms with van der Waals surface area (Å²) in [6.07, 6.45) is 1.01. The number of nitrogens with two attached hydrogens (primary N) is 1. The van der Waals surface area contributed by atoms with Crippen molar-refractivity contribution < 1.29 is 0 Å². The van der Waals surface area contributed by atoms with E-state index in [1.165, 1.54) is 4.88 Å². The highest BCUT2D eigenvalue weighted by Crippen LogP contribution is 2.30. The molecule has 3 N–H and O–H groups in total. The van der Waals surface area contributed by atoms with Crippen molar-refractivity contribution in [1.82, 2.24) is 0 Å². The molecule has 0 radical (unpaired) electrons. The Bertz CT molecular complexity index is 594. The molecular formula is C16H21N3S2. The molecule has 3 nitrogen and oxygen atoms in total. The standard InChI is InChI=1S/C16H21N3S2/c1-3-20-14-8-4-7-13(15(14)16(17)18)19(2)10-9-12-6-5-11-21-12/h4-8,11H,3,9-10H2,1-2H3,(H3,17,18). The summed E-state index contributed by atoms with van der Waals surface area (Å²) in [5.74, 6) is 1.12. The van der Waals surface area contributed by atoms with Crippen molar-refractivity contribution in [2.45, 2.75) is 18.2 Å². The Balaban J connectivity index is 2.20. The fourth-order valence-electron chi connectivity index (χ4n) is 2.24. The van der Waals surface area contributed by atoms with Crippen molar-refractivity contribution in [3.05, 3.63) is 46.2 Å². The van der Waals surface area contributed by atoms with Crippen LogP contribution in [0.5, 0.6) is 0 Å². The maximum absolute atomic E-state index is 7.90. The summed E-state index contributed by atoms with van der Waals surface area (Å²) >= 11 is 3.52. The van der Waals surface area contributed by atoms with E-state index in [1.807, 2.05) is 18.2 Å². The lowest BCUT2D eigenvalue weighted by Gasteiger charge is -2.23. The molecule has 0 aliphatic rings. The zero-order valence-corrected chi connectivity index (χ0v) is 14.1. The summed E-state index contributed by atoms with van der Waals surface area (Å²) in [6, 6.07) is 10.4. The van der Waals surface area contributed by atoms with Crippen LogP contribution in [0.15, 0.2) is 40.6 Å². The Morgan fingerprint density at radius 1 is 1.33 bits per heavy atom. The molecule has 0 saturated carbocycles. The average molecular weight is 319 g/mol. The van der Waals surface area contributed by atoms with Crippen LogP contribution in [0.1, 0.15) is 17.4 Å². The molecule has 2 aromatic rings. The van der Waals surface area contributed by atoms with Crippen molar-refractivity contribution in [2.24, 2.45) is 5.73 Å². The monoisotopic (exact) mass is 319 g/mol. The SMILES string of the molecule is CCSc1cccc(N(C)CCc2cccs2)c1C(=N)N. The third kappa shape index (κ3) is 4.02. The fraction of sp³-hybridized carbons (Fsp3) is 0.312. The number of nitrogens with zero attached hydrogens (tertiary/aromatic N) is 1. The number of benzene rings is 1. The molecule has 0 unspecified atom stereocenters. The average Bonchev–Trinajstić information content (AvgIpc) is 2.98. The van der Waals surface area contributed by atoms with Gasteiger partial charge < -0.3 is 10.6 Å². The quantitative estimate of drug-likeness (QED) is 0.463. The zero-order chi connectivity index (χ0) is 15.2. The van der Waals surface area contributed by atoms with Crippen LogP contribution in [0.25, 0.3) is 0 Å². The van der Waals surface area contributed by atoms with Crippen LogP contribution in [0.3, 0.4) is 0 Å². The van der Waals surface area contributed by atoms with Gasteiger partial charge in [0.15, 0.2) is 0 Å². The molecule has 0 saturated heterocycles. The minimum atomic E-state index is 0.143. The molecule has 1 aromatic heterocycles. The second-order valence-electron chi connectivity index (χ2n) is 4.75. The lowest BCUT2D eigenvalue weighted by atomic mass is 10.1. The topological polar surface area (TPSA) is 53.1 Å². The van der Waals surface area contributed by atoms with Crippen LogP contribution in [0.4, 0.5) is 5.69 Å². The number of amidine groups is 1. The van der Waals surface area contributed by atoms with Gasteiger partial charge in [-0.3, -0.25) is 5.41 Å². The highest BCUT2D eigenvalue weighted by atomic mass is 32.2. The number of rotatable bonds is 7. The van der Waals surface area contributed by atoms with E-state index >= 15 is 0 Å².